The van der Waals surface area contributed by atoms with Crippen LogP contribution in [-0.2, 0) is 6.61 Å². The number of rotatable bonds is 5. The van der Waals surface area contributed by atoms with Gasteiger partial charge in [0.25, 0.3) is 0 Å². The molecule has 4 aromatic rings. The van der Waals surface area contributed by atoms with E-state index in [1.54, 1.807) is 14.2 Å². The van der Waals surface area contributed by atoms with Gasteiger partial charge in [-0.15, -0.1) is 0 Å². The number of hydrogen-bond donors (Lipinski definition) is 2. The number of ether oxygens (including phenoxy) is 2. The second-order valence-corrected chi connectivity index (χ2v) is 6.71. The maximum Gasteiger partial charge on any atom is 0.162 e. The number of nitrogens with one attached hydrogen (secondary N) is 1. The number of nitrogens with zero attached hydrogens (tertiary/aromatic N) is 1. The van der Waals surface area contributed by atoms with Gasteiger partial charge in [-0.25, -0.2) is 4.98 Å². The van der Waals surface area contributed by atoms with Crippen molar-refractivity contribution < 1.29 is 14.6 Å². The smallest absolute Gasteiger partial charge is 0.162 e. The Kier molecular flexibility index (Phi) is 4.75. The van der Waals surface area contributed by atoms with Gasteiger partial charge in [-0.2, -0.15) is 0 Å². The molecular formula is C23H22N2O3. The molecule has 0 spiro atoms. The molecule has 0 fully saturated rings. The third kappa shape index (κ3) is 3.21. The van der Waals surface area contributed by atoms with Crippen LogP contribution in [0.15, 0.2) is 54.6 Å². The van der Waals surface area contributed by atoms with Gasteiger partial charge < -0.3 is 19.9 Å². The van der Waals surface area contributed by atoms with E-state index in [2.05, 4.69) is 24.4 Å². The summed E-state index contributed by atoms with van der Waals surface area (Å²) >= 11 is 0. The van der Waals surface area contributed by atoms with Gasteiger partial charge in [0.05, 0.1) is 37.5 Å². The highest BCUT2D eigenvalue weighted by Crippen LogP contribution is 2.39. The van der Waals surface area contributed by atoms with E-state index in [1.807, 2.05) is 42.5 Å². The van der Waals surface area contributed by atoms with Gasteiger partial charge in [0.1, 0.15) is 0 Å². The van der Waals surface area contributed by atoms with E-state index in [0.29, 0.717) is 11.5 Å². The lowest BCUT2D eigenvalue weighted by molar-refractivity contribution is 0.282. The fraction of sp³-hybridized carbons (Fsp3) is 0.174. The maximum absolute atomic E-state index is 9.28. The molecule has 2 N–H and O–H groups in total. The van der Waals surface area contributed by atoms with Crippen molar-refractivity contribution in [3.8, 4) is 11.5 Å². The van der Waals surface area contributed by atoms with Crippen molar-refractivity contribution in [2.24, 2.45) is 0 Å². The molecule has 0 aliphatic rings. The lowest BCUT2D eigenvalue weighted by Crippen LogP contribution is -1.98. The number of aliphatic hydroxyl groups is 1. The second kappa shape index (κ2) is 7.37. The van der Waals surface area contributed by atoms with Crippen LogP contribution >= 0.6 is 0 Å². The van der Waals surface area contributed by atoms with E-state index in [4.69, 9.17) is 14.5 Å². The van der Waals surface area contributed by atoms with Crippen LogP contribution in [0.25, 0.3) is 21.8 Å². The largest absolute Gasteiger partial charge is 0.493 e. The number of aryl methyl sites for hydroxylation is 1. The fourth-order valence-electron chi connectivity index (χ4n) is 3.36. The van der Waals surface area contributed by atoms with Crippen LogP contribution in [0.1, 0.15) is 11.1 Å². The molecule has 0 saturated carbocycles. The summed E-state index contributed by atoms with van der Waals surface area (Å²) in [6, 6.07) is 17.8. The summed E-state index contributed by atoms with van der Waals surface area (Å²) in [6.07, 6.45) is 0. The molecule has 142 valence electrons. The average molecular weight is 374 g/mol. The molecule has 0 bridgehead atoms. The van der Waals surface area contributed by atoms with Gasteiger partial charge in [0.15, 0.2) is 11.5 Å². The summed E-state index contributed by atoms with van der Waals surface area (Å²) in [7, 11) is 3.25. The molecule has 4 rings (SSSR count). The van der Waals surface area contributed by atoms with Crippen LogP contribution in [-0.4, -0.2) is 24.3 Å². The zero-order valence-electron chi connectivity index (χ0n) is 16.1. The lowest BCUT2D eigenvalue weighted by Gasteiger charge is -2.16. The minimum Gasteiger partial charge on any atom is -0.493 e. The first-order valence-corrected chi connectivity index (χ1v) is 9.06. The van der Waals surface area contributed by atoms with Crippen molar-refractivity contribution in [2.45, 2.75) is 13.5 Å². The Balaban J connectivity index is 1.98. The van der Waals surface area contributed by atoms with Crippen molar-refractivity contribution in [1.29, 1.82) is 0 Å². The van der Waals surface area contributed by atoms with Crippen molar-refractivity contribution in [3.63, 3.8) is 0 Å². The molecule has 3 aromatic carbocycles. The molecule has 0 unspecified atom stereocenters. The topological polar surface area (TPSA) is 63.6 Å². The van der Waals surface area contributed by atoms with E-state index < -0.39 is 0 Å². The number of hydrogen-bond acceptors (Lipinski definition) is 5. The van der Waals surface area contributed by atoms with Gasteiger partial charge in [0, 0.05) is 22.5 Å². The van der Waals surface area contributed by atoms with Crippen molar-refractivity contribution in [1.82, 2.24) is 4.98 Å². The molecule has 0 amide bonds. The van der Waals surface area contributed by atoms with Crippen LogP contribution < -0.4 is 14.8 Å². The minimum absolute atomic E-state index is 0.0254. The predicted molar refractivity (Wildman–Crippen MR) is 113 cm³/mol. The standard InChI is InChI=1S/C23H22N2O3/c1-14-4-9-19-17(10-14)23(24-16-7-5-15(13-26)6-8-16)18-11-21(27-2)22(28-3)12-20(18)25-19/h4-12,26H,13H2,1-3H3,(H,24,25). The molecule has 28 heavy (non-hydrogen) atoms. The Morgan fingerprint density at radius 3 is 2.21 bits per heavy atom. The first kappa shape index (κ1) is 18.1. The molecule has 1 aromatic heterocycles. The first-order valence-electron chi connectivity index (χ1n) is 9.06. The number of aliphatic hydroxyl groups excluding tert-OH is 1. The van der Waals surface area contributed by atoms with Gasteiger partial charge in [-0.05, 0) is 42.8 Å². The van der Waals surface area contributed by atoms with E-state index in [9.17, 15) is 5.11 Å². The molecule has 0 saturated heterocycles. The summed E-state index contributed by atoms with van der Waals surface area (Å²) in [5, 5.41) is 14.8. The normalized spacial score (nSPS) is 11.0. The number of methoxy groups -OCH3 is 2. The van der Waals surface area contributed by atoms with Crippen LogP contribution in [0, 0.1) is 6.92 Å². The Morgan fingerprint density at radius 2 is 1.54 bits per heavy atom. The van der Waals surface area contributed by atoms with Crippen LogP contribution in [0.4, 0.5) is 11.4 Å². The molecule has 0 radical (unpaired) electrons. The van der Waals surface area contributed by atoms with Crippen molar-refractivity contribution >= 4 is 33.2 Å². The first-order chi connectivity index (χ1) is 13.6. The van der Waals surface area contributed by atoms with Gasteiger partial charge in [-0.3, -0.25) is 0 Å². The van der Waals surface area contributed by atoms with E-state index in [-0.39, 0.29) is 6.61 Å². The monoisotopic (exact) mass is 374 g/mol. The predicted octanol–water partition coefficient (Wildman–Crippen LogP) is 4.95. The summed E-state index contributed by atoms with van der Waals surface area (Å²) < 4.78 is 11.0. The molecule has 1 heterocycles. The maximum atomic E-state index is 9.28. The quantitative estimate of drug-likeness (QED) is 0.484. The minimum atomic E-state index is 0.0254. The molecular weight excluding hydrogens is 352 g/mol. The van der Waals surface area contributed by atoms with Crippen molar-refractivity contribution in [3.05, 3.63) is 65.7 Å². The molecule has 0 aliphatic carbocycles. The highest BCUT2D eigenvalue weighted by molar-refractivity contribution is 6.09. The van der Waals surface area contributed by atoms with Gasteiger partial charge >= 0.3 is 0 Å². The number of fused-ring (bicyclic) bond motifs is 2. The number of benzene rings is 3. The fourth-order valence-corrected chi connectivity index (χ4v) is 3.36. The Morgan fingerprint density at radius 1 is 0.857 bits per heavy atom. The van der Waals surface area contributed by atoms with Gasteiger partial charge in [-0.1, -0.05) is 23.8 Å². The zero-order valence-corrected chi connectivity index (χ0v) is 16.1. The van der Waals surface area contributed by atoms with E-state index in [1.165, 1.54) is 0 Å². The summed E-state index contributed by atoms with van der Waals surface area (Å²) in [6.45, 7) is 2.09. The summed E-state index contributed by atoms with van der Waals surface area (Å²) in [4.78, 5) is 4.82. The summed E-state index contributed by atoms with van der Waals surface area (Å²) in [5.41, 5.74) is 5.65. The highest BCUT2D eigenvalue weighted by atomic mass is 16.5. The third-order valence-corrected chi connectivity index (χ3v) is 4.84. The molecule has 5 nitrogen and oxygen atoms in total. The van der Waals surface area contributed by atoms with E-state index in [0.717, 1.165) is 44.3 Å². The second-order valence-electron chi connectivity index (χ2n) is 6.71. The van der Waals surface area contributed by atoms with Crippen LogP contribution in [0.2, 0.25) is 0 Å². The number of anilines is 2. The van der Waals surface area contributed by atoms with E-state index >= 15 is 0 Å². The van der Waals surface area contributed by atoms with Crippen molar-refractivity contribution in [2.75, 3.05) is 19.5 Å². The lowest BCUT2D eigenvalue weighted by atomic mass is 10.0. The SMILES string of the molecule is COc1cc2nc3ccc(C)cc3c(Nc3ccc(CO)cc3)c2cc1OC. The van der Waals surface area contributed by atoms with Gasteiger partial charge in [0.2, 0.25) is 0 Å². The Bertz CT molecular complexity index is 1150. The van der Waals surface area contributed by atoms with Crippen LogP contribution in [0.3, 0.4) is 0 Å². The summed E-state index contributed by atoms with van der Waals surface area (Å²) in [5.74, 6) is 1.30. The van der Waals surface area contributed by atoms with Crippen LogP contribution in [0.5, 0.6) is 11.5 Å². The number of pyridine rings is 1. The number of aromatic nitrogens is 1. The Labute approximate surface area is 163 Å². The zero-order chi connectivity index (χ0) is 19.7. The highest BCUT2D eigenvalue weighted by Gasteiger charge is 2.14. The Hall–Kier alpha value is -3.31. The third-order valence-electron chi connectivity index (χ3n) is 4.84. The average Bonchev–Trinajstić information content (AvgIpc) is 2.73. The molecule has 0 aliphatic heterocycles. The molecule has 0 atom stereocenters. The molecule has 5 heteroatoms.